The van der Waals surface area contributed by atoms with Gasteiger partial charge in [0.1, 0.15) is 12.1 Å². The van der Waals surface area contributed by atoms with Gasteiger partial charge in [-0.2, -0.15) is 0 Å². The van der Waals surface area contributed by atoms with E-state index in [0.717, 1.165) is 44.6 Å². The summed E-state index contributed by atoms with van der Waals surface area (Å²) in [6, 6.07) is -2.93. The van der Waals surface area contributed by atoms with Crippen LogP contribution in [0.2, 0.25) is 0 Å². The lowest BCUT2D eigenvalue weighted by Gasteiger charge is -2.42. The van der Waals surface area contributed by atoms with Crippen molar-refractivity contribution in [3.05, 3.63) is 23.0 Å². The van der Waals surface area contributed by atoms with Crippen molar-refractivity contribution in [2.24, 2.45) is 17.8 Å². The number of aliphatic hydroxyl groups excluding tert-OH is 2. The van der Waals surface area contributed by atoms with Gasteiger partial charge >= 0.3 is 11.9 Å². The third kappa shape index (κ3) is 5.62. The van der Waals surface area contributed by atoms with E-state index in [-0.39, 0.29) is 29.3 Å². The summed E-state index contributed by atoms with van der Waals surface area (Å²) in [5, 5.41) is 42.2. The summed E-state index contributed by atoms with van der Waals surface area (Å²) in [7, 11) is 0. The molecular weight excluding hydrogens is 432 g/mol. The predicted octanol–water partition coefficient (Wildman–Crippen LogP) is 0.343. The molecule has 5 atom stereocenters. The Labute approximate surface area is 191 Å². The van der Waals surface area contributed by atoms with Crippen LogP contribution in [0.15, 0.2) is 23.0 Å². The van der Waals surface area contributed by atoms with E-state index in [2.05, 4.69) is 10.6 Å². The molecular formula is C23H32N2O8. The lowest BCUT2D eigenvalue weighted by molar-refractivity contribution is -0.141. The SMILES string of the molecule is O=C1C=C(N[C@@H](CO)C(=O)O)C(=O)C(CC2CCCC3CCCCC32)=C1N[C@@H](CO)C(=O)O. The van der Waals surface area contributed by atoms with Crippen molar-refractivity contribution in [3.8, 4) is 0 Å². The largest absolute Gasteiger partial charge is 0.480 e. The van der Waals surface area contributed by atoms with Crippen molar-refractivity contribution in [3.63, 3.8) is 0 Å². The number of aliphatic carboxylic acids is 2. The van der Waals surface area contributed by atoms with Crippen LogP contribution in [0.4, 0.5) is 0 Å². The van der Waals surface area contributed by atoms with Gasteiger partial charge in [-0.3, -0.25) is 9.59 Å². The van der Waals surface area contributed by atoms with Crippen LogP contribution in [0.5, 0.6) is 0 Å². The number of Topliss-reactive ketones (excluding diaryl/α,β-unsaturated/α-hetero) is 1. The molecule has 0 aromatic heterocycles. The summed E-state index contributed by atoms with van der Waals surface area (Å²) in [4.78, 5) is 49.0. The van der Waals surface area contributed by atoms with E-state index in [0.29, 0.717) is 11.8 Å². The van der Waals surface area contributed by atoms with Crippen molar-refractivity contribution < 1.29 is 39.6 Å². The van der Waals surface area contributed by atoms with E-state index in [9.17, 15) is 39.6 Å². The average Bonchev–Trinajstić information content (AvgIpc) is 2.79. The molecule has 0 aromatic carbocycles. The van der Waals surface area contributed by atoms with Gasteiger partial charge in [-0.05, 0) is 37.0 Å². The van der Waals surface area contributed by atoms with Gasteiger partial charge in [-0.25, -0.2) is 9.59 Å². The number of aliphatic hydroxyl groups is 2. The van der Waals surface area contributed by atoms with Crippen LogP contribution in [0.3, 0.4) is 0 Å². The summed E-state index contributed by atoms with van der Waals surface area (Å²) in [5.74, 6) is -2.87. The van der Waals surface area contributed by atoms with Crippen molar-refractivity contribution in [2.45, 2.75) is 63.5 Å². The lowest BCUT2D eigenvalue weighted by Crippen LogP contribution is -2.46. The fraction of sp³-hybridized carbons (Fsp3) is 0.652. The Morgan fingerprint density at radius 3 is 2.15 bits per heavy atom. The molecule has 10 nitrogen and oxygen atoms in total. The minimum Gasteiger partial charge on any atom is -0.480 e. The maximum absolute atomic E-state index is 13.4. The third-order valence-electron chi connectivity index (χ3n) is 7.14. The third-order valence-corrected chi connectivity index (χ3v) is 7.14. The fourth-order valence-corrected chi connectivity index (χ4v) is 5.47. The first-order chi connectivity index (χ1) is 15.8. The Hall–Kier alpha value is -2.72. The highest BCUT2D eigenvalue weighted by molar-refractivity contribution is 6.22. The summed E-state index contributed by atoms with van der Waals surface area (Å²) >= 11 is 0. The monoisotopic (exact) mass is 464 g/mol. The quantitative estimate of drug-likeness (QED) is 0.248. The molecule has 3 aliphatic rings. The number of ketones is 2. The van der Waals surface area contributed by atoms with Gasteiger partial charge in [0.15, 0.2) is 0 Å². The van der Waals surface area contributed by atoms with E-state index in [1.165, 1.54) is 6.42 Å². The number of carboxylic acids is 2. The Kier molecular flexibility index (Phi) is 8.25. The molecule has 6 N–H and O–H groups in total. The van der Waals surface area contributed by atoms with Crippen molar-refractivity contribution >= 4 is 23.5 Å². The first-order valence-corrected chi connectivity index (χ1v) is 11.5. The minimum atomic E-state index is -1.47. The van der Waals surface area contributed by atoms with E-state index in [1.807, 2.05) is 0 Å². The molecule has 0 aliphatic heterocycles. The number of carbonyl (C=O) groups is 4. The van der Waals surface area contributed by atoms with Crippen LogP contribution >= 0.6 is 0 Å². The fourth-order valence-electron chi connectivity index (χ4n) is 5.47. The molecule has 2 fully saturated rings. The van der Waals surface area contributed by atoms with Crippen LogP contribution in [0.1, 0.15) is 51.4 Å². The van der Waals surface area contributed by atoms with Gasteiger partial charge in [-0.15, -0.1) is 0 Å². The zero-order valence-corrected chi connectivity index (χ0v) is 18.5. The normalized spacial score (nSPS) is 27.3. The van der Waals surface area contributed by atoms with Crippen molar-refractivity contribution in [1.29, 1.82) is 0 Å². The zero-order chi connectivity index (χ0) is 24.1. The standard InChI is InChI=1S/C23H32N2O8/c26-10-17(22(30)31)24-16-9-19(28)20(25-18(11-27)23(32)33)15(21(16)29)8-13-6-3-5-12-4-1-2-7-14(12)13/h9,12-14,17-18,24-27H,1-8,10-11H2,(H,30,31)(H,32,33)/t12?,13?,14?,17-,18-/m0/s1. The Bertz CT molecular complexity index is 863. The van der Waals surface area contributed by atoms with Crippen LogP contribution in [-0.2, 0) is 19.2 Å². The van der Waals surface area contributed by atoms with E-state index >= 15 is 0 Å². The molecule has 2 saturated carbocycles. The maximum Gasteiger partial charge on any atom is 0.328 e. The summed E-state index contributed by atoms with van der Waals surface area (Å²) in [6.45, 7) is -1.56. The maximum atomic E-state index is 13.4. The van der Waals surface area contributed by atoms with Crippen molar-refractivity contribution in [2.75, 3.05) is 13.2 Å². The van der Waals surface area contributed by atoms with E-state index in [4.69, 9.17) is 0 Å². The Balaban J connectivity index is 1.93. The van der Waals surface area contributed by atoms with Crippen molar-refractivity contribution in [1.82, 2.24) is 10.6 Å². The first-order valence-electron chi connectivity index (χ1n) is 11.5. The number of carbonyl (C=O) groups excluding carboxylic acids is 2. The lowest BCUT2D eigenvalue weighted by atomic mass is 9.63. The topological polar surface area (TPSA) is 173 Å². The molecule has 3 rings (SSSR count). The second kappa shape index (κ2) is 10.9. The molecule has 33 heavy (non-hydrogen) atoms. The van der Waals surface area contributed by atoms with Crippen LogP contribution in [0.25, 0.3) is 0 Å². The Morgan fingerprint density at radius 1 is 0.909 bits per heavy atom. The molecule has 0 amide bonds. The van der Waals surface area contributed by atoms with Gasteiger partial charge in [0.2, 0.25) is 11.6 Å². The van der Waals surface area contributed by atoms with Gasteiger partial charge in [-0.1, -0.05) is 32.1 Å². The summed E-state index contributed by atoms with van der Waals surface area (Å²) in [5.41, 5.74) is -0.308. The number of allylic oxidation sites excluding steroid dienone is 2. The molecule has 0 aromatic rings. The number of hydrogen-bond acceptors (Lipinski definition) is 8. The summed E-state index contributed by atoms with van der Waals surface area (Å²) in [6.07, 6.45) is 8.74. The highest BCUT2D eigenvalue weighted by Gasteiger charge is 2.39. The van der Waals surface area contributed by atoms with E-state index in [1.54, 1.807) is 0 Å². The van der Waals surface area contributed by atoms with E-state index < -0.39 is 48.8 Å². The average molecular weight is 465 g/mol. The smallest absolute Gasteiger partial charge is 0.328 e. The molecule has 0 saturated heterocycles. The number of fused-ring (bicyclic) bond motifs is 1. The molecule has 0 spiro atoms. The second-order valence-electron chi connectivity index (χ2n) is 9.14. The van der Waals surface area contributed by atoms with Gasteiger partial charge in [0, 0.05) is 11.6 Å². The Morgan fingerprint density at radius 2 is 1.52 bits per heavy atom. The minimum absolute atomic E-state index is 0.100. The highest BCUT2D eigenvalue weighted by atomic mass is 16.4. The van der Waals surface area contributed by atoms with Gasteiger partial charge < -0.3 is 31.1 Å². The summed E-state index contributed by atoms with van der Waals surface area (Å²) < 4.78 is 0. The number of rotatable bonds is 10. The predicted molar refractivity (Wildman–Crippen MR) is 116 cm³/mol. The van der Waals surface area contributed by atoms with Crippen LogP contribution in [-0.4, -0.2) is 69.2 Å². The van der Waals surface area contributed by atoms with Crippen LogP contribution < -0.4 is 10.6 Å². The highest BCUT2D eigenvalue weighted by Crippen LogP contribution is 2.46. The second-order valence-corrected chi connectivity index (χ2v) is 9.14. The first kappa shape index (κ1) is 24.9. The molecule has 0 bridgehead atoms. The van der Waals surface area contributed by atoms with Gasteiger partial charge in [0.25, 0.3) is 0 Å². The molecule has 182 valence electrons. The van der Waals surface area contributed by atoms with Gasteiger partial charge in [0.05, 0.1) is 24.6 Å². The molecule has 10 heteroatoms. The molecule has 0 radical (unpaired) electrons. The molecule has 0 heterocycles. The molecule has 3 unspecified atom stereocenters. The number of carboxylic acid groups (broad SMARTS) is 2. The number of hydrogen-bond donors (Lipinski definition) is 6. The molecule has 3 aliphatic carbocycles. The zero-order valence-electron chi connectivity index (χ0n) is 18.5. The van der Waals surface area contributed by atoms with Crippen LogP contribution in [0, 0.1) is 17.8 Å². The number of nitrogens with one attached hydrogen (secondary N) is 2.